The Morgan fingerprint density at radius 2 is 1.68 bits per heavy atom. The minimum Gasteiger partial charge on any atom is -0.356 e. The highest BCUT2D eigenvalue weighted by atomic mass is 16.2. The second-order valence-electron chi connectivity index (χ2n) is 12.2. The van der Waals surface area contributed by atoms with Gasteiger partial charge in [0.15, 0.2) is 5.78 Å². The number of carbonyl (C=O) groups excluding carboxylic acids is 5. The van der Waals surface area contributed by atoms with Crippen molar-refractivity contribution >= 4 is 40.2 Å². The van der Waals surface area contributed by atoms with E-state index in [1.807, 2.05) is 24.3 Å². The molecule has 1 saturated heterocycles. The van der Waals surface area contributed by atoms with Crippen molar-refractivity contribution in [3.8, 4) is 0 Å². The van der Waals surface area contributed by atoms with Gasteiger partial charge in [-0.1, -0.05) is 56.7 Å². The highest BCUT2D eigenvalue weighted by Gasteiger charge is 2.36. The molecule has 4 N–H and O–H groups in total. The van der Waals surface area contributed by atoms with Crippen molar-refractivity contribution in [3.63, 3.8) is 0 Å². The summed E-state index contributed by atoms with van der Waals surface area (Å²) in [6.45, 7) is 0.585. The number of ketones is 2. The summed E-state index contributed by atoms with van der Waals surface area (Å²) >= 11 is 0. The topological polar surface area (TPSA) is 137 Å². The van der Waals surface area contributed by atoms with Crippen molar-refractivity contribution in [1.82, 2.24) is 20.9 Å². The minimum atomic E-state index is -1.12. The molecule has 5 rings (SSSR count). The van der Waals surface area contributed by atoms with E-state index in [-0.39, 0.29) is 30.6 Å². The molecule has 0 bridgehead atoms. The number of amides is 3. The van der Waals surface area contributed by atoms with Crippen LogP contribution < -0.4 is 16.0 Å². The van der Waals surface area contributed by atoms with E-state index in [1.54, 1.807) is 6.07 Å². The second-order valence-corrected chi connectivity index (χ2v) is 12.2. The van der Waals surface area contributed by atoms with Crippen molar-refractivity contribution < 1.29 is 24.0 Å². The van der Waals surface area contributed by atoms with E-state index in [2.05, 4.69) is 20.9 Å². The molecule has 2 saturated carbocycles. The fourth-order valence-corrected chi connectivity index (χ4v) is 6.50. The zero-order valence-electron chi connectivity index (χ0n) is 23.7. The lowest BCUT2D eigenvalue weighted by Gasteiger charge is -2.31. The summed E-state index contributed by atoms with van der Waals surface area (Å²) in [6, 6.07) is 8.28. The molecule has 3 aliphatic rings. The van der Waals surface area contributed by atoms with E-state index in [9.17, 15) is 24.0 Å². The summed E-state index contributed by atoms with van der Waals surface area (Å²) in [5.41, 5.74) is 1.31. The van der Waals surface area contributed by atoms with Gasteiger partial charge in [-0.3, -0.25) is 24.0 Å². The summed E-state index contributed by atoms with van der Waals surface area (Å²) < 4.78 is 0. The molecule has 1 aromatic carbocycles. The smallest absolute Gasteiger partial charge is 0.289 e. The Hall–Kier alpha value is -3.49. The highest BCUT2D eigenvalue weighted by molar-refractivity contribution is 6.38. The third kappa shape index (κ3) is 7.43. The molecule has 1 aromatic heterocycles. The first kappa shape index (κ1) is 29.0. The summed E-state index contributed by atoms with van der Waals surface area (Å²) in [5.74, 6) is -2.87. The molecule has 0 radical (unpaired) electrons. The van der Waals surface area contributed by atoms with Crippen molar-refractivity contribution in [3.05, 3.63) is 36.0 Å². The molecule has 3 amide bonds. The zero-order valence-corrected chi connectivity index (χ0v) is 23.7. The number of rotatable bonds is 12. The molecule has 3 atom stereocenters. The molecule has 0 spiro atoms. The SMILES string of the molecule is O=C(NC1CCCCC1)C(=O)[C@H](C[C@@H]1CCCNC1=O)NC(=O)[C@@H](CC(=O)c1cc2ccccc2[nH]1)CC1CCC1. The van der Waals surface area contributed by atoms with Crippen molar-refractivity contribution in [2.45, 2.75) is 95.6 Å². The summed E-state index contributed by atoms with van der Waals surface area (Å²) in [6.07, 6.45) is 9.94. The number of fused-ring (bicyclic) bond motifs is 1. The average molecular weight is 563 g/mol. The maximum Gasteiger partial charge on any atom is 0.289 e. The molecule has 220 valence electrons. The maximum atomic E-state index is 13.8. The van der Waals surface area contributed by atoms with Gasteiger partial charge in [-0.05, 0) is 56.6 Å². The normalized spacial score (nSPS) is 21.4. The van der Waals surface area contributed by atoms with Crippen LogP contribution in [-0.2, 0) is 19.2 Å². The molecular weight excluding hydrogens is 520 g/mol. The maximum absolute atomic E-state index is 13.8. The Labute approximate surface area is 241 Å². The van der Waals surface area contributed by atoms with Gasteiger partial charge in [0.1, 0.15) is 0 Å². The van der Waals surface area contributed by atoms with E-state index < -0.39 is 35.5 Å². The van der Waals surface area contributed by atoms with Gasteiger partial charge >= 0.3 is 0 Å². The Morgan fingerprint density at radius 1 is 0.902 bits per heavy atom. The predicted molar refractivity (Wildman–Crippen MR) is 155 cm³/mol. The minimum absolute atomic E-state index is 0.00819. The number of H-pyrrole nitrogens is 1. The lowest BCUT2D eigenvalue weighted by atomic mass is 9.77. The van der Waals surface area contributed by atoms with Crippen molar-refractivity contribution in [2.24, 2.45) is 17.8 Å². The first-order valence-electron chi connectivity index (χ1n) is 15.4. The molecule has 2 heterocycles. The fourth-order valence-electron chi connectivity index (χ4n) is 6.50. The number of piperidine rings is 1. The lowest BCUT2D eigenvalue weighted by Crippen LogP contribution is -2.53. The molecule has 9 heteroatoms. The van der Waals surface area contributed by atoms with Gasteiger partial charge in [-0.25, -0.2) is 0 Å². The van der Waals surface area contributed by atoms with Crippen LogP contribution in [0.1, 0.15) is 94.0 Å². The number of nitrogens with one attached hydrogen (secondary N) is 4. The van der Waals surface area contributed by atoms with E-state index in [1.165, 1.54) is 0 Å². The van der Waals surface area contributed by atoms with Crippen LogP contribution in [0.5, 0.6) is 0 Å². The first-order valence-corrected chi connectivity index (χ1v) is 15.4. The third-order valence-corrected chi connectivity index (χ3v) is 9.19. The number of aromatic nitrogens is 1. The Balaban J connectivity index is 1.31. The highest BCUT2D eigenvalue weighted by Crippen LogP contribution is 2.34. The number of Topliss-reactive ketones (excluding diaryl/α,β-unsaturated/α-hetero) is 2. The third-order valence-electron chi connectivity index (χ3n) is 9.19. The van der Waals surface area contributed by atoms with Gasteiger partial charge in [0.05, 0.1) is 11.7 Å². The van der Waals surface area contributed by atoms with Gasteiger partial charge in [0.2, 0.25) is 17.6 Å². The number of para-hydroxylation sites is 1. The van der Waals surface area contributed by atoms with Crippen LogP contribution in [0.3, 0.4) is 0 Å². The number of aromatic amines is 1. The van der Waals surface area contributed by atoms with Crippen LogP contribution in [-0.4, -0.2) is 52.9 Å². The van der Waals surface area contributed by atoms with E-state index in [4.69, 9.17) is 0 Å². The van der Waals surface area contributed by atoms with Gasteiger partial charge in [-0.15, -0.1) is 0 Å². The largest absolute Gasteiger partial charge is 0.356 e. The Morgan fingerprint density at radius 3 is 2.39 bits per heavy atom. The van der Waals surface area contributed by atoms with Crippen LogP contribution in [0.4, 0.5) is 0 Å². The molecule has 41 heavy (non-hydrogen) atoms. The van der Waals surface area contributed by atoms with Gasteiger partial charge in [0.25, 0.3) is 5.91 Å². The van der Waals surface area contributed by atoms with Crippen molar-refractivity contribution in [1.29, 1.82) is 0 Å². The van der Waals surface area contributed by atoms with E-state index in [0.717, 1.165) is 68.7 Å². The number of hydrogen-bond donors (Lipinski definition) is 4. The summed E-state index contributed by atoms with van der Waals surface area (Å²) in [7, 11) is 0. The number of carbonyl (C=O) groups is 5. The van der Waals surface area contributed by atoms with Crippen LogP contribution >= 0.6 is 0 Å². The molecular formula is C32H42N4O5. The Bertz CT molecular complexity index is 1240. The molecule has 2 aliphatic carbocycles. The fraction of sp³-hybridized carbons (Fsp3) is 0.594. The van der Waals surface area contributed by atoms with Crippen LogP contribution in [0, 0.1) is 17.8 Å². The predicted octanol–water partition coefficient (Wildman–Crippen LogP) is 3.97. The number of hydrogen-bond acceptors (Lipinski definition) is 5. The second kappa shape index (κ2) is 13.4. The molecule has 3 fully saturated rings. The number of benzene rings is 1. The van der Waals surface area contributed by atoms with Gasteiger partial charge in [-0.2, -0.15) is 0 Å². The standard InChI is InChI=1S/C32H42N4O5/c37-28(26-17-21-10-4-5-14-25(21)35-26)19-23(16-20-8-6-9-20)31(40)36-27(18-22-11-7-15-33-30(22)39)29(38)32(41)34-24-12-2-1-3-13-24/h4-5,10,14,17,20,22-24,27,35H,1-3,6-9,11-13,15-16,18-19H2,(H,33,39)(H,34,41)(H,36,40)/t22-,23+,27-/m0/s1. The first-order chi connectivity index (χ1) is 19.9. The zero-order chi connectivity index (χ0) is 28.8. The summed E-state index contributed by atoms with van der Waals surface area (Å²) in [4.78, 5) is 69.3. The summed E-state index contributed by atoms with van der Waals surface area (Å²) in [5, 5.41) is 9.48. The van der Waals surface area contributed by atoms with Gasteiger partial charge < -0.3 is 20.9 Å². The van der Waals surface area contributed by atoms with Crippen LogP contribution in [0.2, 0.25) is 0 Å². The molecule has 1 aliphatic heterocycles. The lowest BCUT2D eigenvalue weighted by molar-refractivity contribution is -0.142. The monoisotopic (exact) mass is 562 g/mol. The van der Waals surface area contributed by atoms with Crippen LogP contribution in [0.25, 0.3) is 10.9 Å². The average Bonchev–Trinajstić information content (AvgIpc) is 3.39. The van der Waals surface area contributed by atoms with E-state index >= 15 is 0 Å². The van der Waals surface area contributed by atoms with Crippen molar-refractivity contribution in [2.75, 3.05) is 6.54 Å². The Kier molecular flexibility index (Phi) is 9.52. The molecule has 2 aromatic rings. The molecule has 0 unspecified atom stereocenters. The quantitative estimate of drug-likeness (QED) is 0.229. The molecule has 9 nitrogen and oxygen atoms in total. The van der Waals surface area contributed by atoms with Gasteiger partial charge in [0, 0.05) is 41.7 Å². The van der Waals surface area contributed by atoms with Crippen LogP contribution in [0.15, 0.2) is 30.3 Å². The van der Waals surface area contributed by atoms with E-state index in [0.29, 0.717) is 31.0 Å².